The third-order valence-corrected chi connectivity index (χ3v) is 4.85. The van der Waals surface area contributed by atoms with Crippen LogP contribution in [0, 0.1) is 0 Å². The molecule has 1 heterocycles. The maximum absolute atomic E-state index is 11.9. The molecule has 0 amide bonds. The highest BCUT2D eigenvalue weighted by atomic mass is 16.4. The highest BCUT2D eigenvalue weighted by Gasteiger charge is 2.04. The van der Waals surface area contributed by atoms with Crippen molar-refractivity contribution < 1.29 is 14.7 Å². The summed E-state index contributed by atoms with van der Waals surface area (Å²) >= 11 is 0. The summed E-state index contributed by atoms with van der Waals surface area (Å²) in [6.07, 6.45) is 18.4. The highest BCUT2D eigenvalue weighted by molar-refractivity contribution is 5.80. The van der Waals surface area contributed by atoms with Crippen LogP contribution in [0.2, 0.25) is 0 Å². The molecule has 1 aromatic rings. The molecular weight excluding hydrogens is 340 g/mol. The van der Waals surface area contributed by atoms with Crippen LogP contribution in [-0.4, -0.2) is 27.1 Å². The first-order chi connectivity index (χ1) is 13.2. The molecule has 0 saturated heterocycles. The third kappa shape index (κ3) is 15.0. The van der Waals surface area contributed by atoms with E-state index in [2.05, 4.69) is 10.2 Å². The molecule has 0 aliphatic carbocycles. The van der Waals surface area contributed by atoms with Crippen molar-refractivity contribution in [1.29, 1.82) is 0 Å². The van der Waals surface area contributed by atoms with Gasteiger partial charge >= 0.3 is 5.97 Å². The topological polar surface area (TPSA) is 80.1 Å². The van der Waals surface area contributed by atoms with E-state index in [9.17, 15) is 9.59 Å². The molecule has 1 rings (SSSR count). The van der Waals surface area contributed by atoms with E-state index in [-0.39, 0.29) is 5.78 Å². The zero-order chi connectivity index (χ0) is 19.6. The number of carbonyl (C=O) groups is 2. The smallest absolute Gasteiger partial charge is 0.303 e. The van der Waals surface area contributed by atoms with E-state index < -0.39 is 5.97 Å². The van der Waals surface area contributed by atoms with Crippen molar-refractivity contribution in [3.8, 4) is 0 Å². The number of nitrogens with zero attached hydrogens (tertiary/aromatic N) is 2. The average molecular weight is 377 g/mol. The van der Waals surface area contributed by atoms with Gasteiger partial charge in [0.25, 0.3) is 0 Å². The summed E-state index contributed by atoms with van der Waals surface area (Å²) in [5.74, 6) is -0.415. The zero-order valence-electron chi connectivity index (χ0n) is 16.7. The molecule has 1 N–H and O–H groups in total. The molecule has 5 heteroatoms. The van der Waals surface area contributed by atoms with Crippen LogP contribution in [0.5, 0.6) is 0 Å². The molecule has 0 atom stereocenters. The first-order valence-electron chi connectivity index (χ1n) is 10.7. The van der Waals surface area contributed by atoms with Crippen LogP contribution < -0.4 is 0 Å². The molecule has 0 fully saturated rings. The van der Waals surface area contributed by atoms with Gasteiger partial charge in [0.15, 0.2) is 0 Å². The van der Waals surface area contributed by atoms with Crippen LogP contribution in [0.3, 0.4) is 0 Å². The number of ketones is 1. The lowest BCUT2D eigenvalue weighted by molar-refractivity contribution is -0.137. The zero-order valence-corrected chi connectivity index (χ0v) is 16.7. The number of aliphatic carboxylic acids is 1. The van der Waals surface area contributed by atoms with Gasteiger partial charge < -0.3 is 5.11 Å². The van der Waals surface area contributed by atoms with E-state index in [0.717, 1.165) is 31.4 Å². The lowest BCUT2D eigenvalue weighted by atomic mass is 10.0. The molecule has 152 valence electrons. The molecule has 0 aliphatic heterocycles. The van der Waals surface area contributed by atoms with Gasteiger partial charge in [-0.2, -0.15) is 10.2 Å². The molecule has 27 heavy (non-hydrogen) atoms. The summed E-state index contributed by atoms with van der Waals surface area (Å²) in [6, 6.07) is 3.67. The van der Waals surface area contributed by atoms with E-state index in [1.807, 2.05) is 12.1 Å². The molecule has 0 saturated carbocycles. The fourth-order valence-electron chi connectivity index (χ4n) is 3.26. The first-order valence-corrected chi connectivity index (χ1v) is 10.7. The molecular formula is C22H36N2O3. The van der Waals surface area contributed by atoms with Crippen molar-refractivity contribution in [2.45, 2.75) is 103 Å². The maximum Gasteiger partial charge on any atom is 0.303 e. The number of aromatic nitrogens is 2. The van der Waals surface area contributed by atoms with Gasteiger partial charge in [0.2, 0.25) is 0 Å². The quantitative estimate of drug-likeness (QED) is 0.341. The van der Waals surface area contributed by atoms with Crippen LogP contribution >= 0.6 is 0 Å². The fraction of sp³-hybridized carbons (Fsp3) is 0.727. The van der Waals surface area contributed by atoms with Crippen LogP contribution in [-0.2, 0) is 16.0 Å². The predicted octanol–water partition coefficient (Wildman–Crippen LogP) is 5.52. The normalized spacial score (nSPS) is 10.8. The van der Waals surface area contributed by atoms with Crippen molar-refractivity contribution in [1.82, 2.24) is 10.2 Å². The minimum absolute atomic E-state index is 0.262. The van der Waals surface area contributed by atoms with E-state index in [1.165, 1.54) is 57.8 Å². The number of carboxylic acids is 1. The van der Waals surface area contributed by atoms with E-state index in [1.54, 1.807) is 6.20 Å². The lowest BCUT2D eigenvalue weighted by Crippen LogP contribution is -2.04. The predicted molar refractivity (Wildman–Crippen MR) is 108 cm³/mol. The Hall–Kier alpha value is -1.78. The Morgan fingerprint density at radius 3 is 1.67 bits per heavy atom. The fourth-order valence-corrected chi connectivity index (χ4v) is 3.26. The summed E-state index contributed by atoms with van der Waals surface area (Å²) in [5, 5.41) is 16.3. The molecule has 0 unspecified atom stereocenters. The minimum Gasteiger partial charge on any atom is -0.481 e. The Morgan fingerprint density at radius 2 is 1.22 bits per heavy atom. The first kappa shape index (κ1) is 23.3. The van der Waals surface area contributed by atoms with Crippen LogP contribution in [0.15, 0.2) is 18.3 Å². The average Bonchev–Trinajstić information content (AvgIpc) is 2.65. The maximum atomic E-state index is 11.9. The second-order valence-electron chi connectivity index (χ2n) is 7.42. The molecule has 0 spiro atoms. The summed E-state index contributed by atoms with van der Waals surface area (Å²) in [4.78, 5) is 22.3. The van der Waals surface area contributed by atoms with Crippen molar-refractivity contribution >= 4 is 11.8 Å². The number of carbonyl (C=O) groups excluding carboxylic acids is 1. The standard InChI is InChI=1S/C22H36N2O3/c25-21(19-20-15-14-18-23-24-20)16-12-10-8-6-4-2-1-3-5-7-9-11-13-17-22(26)27/h14-15,18H,1-13,16-17,19H2,(H,26,27). The number of rotatable bonds is 18. The summed E-state index contributed by atoms with van der Waals surface area (Å²) in [6.45, 7) is 0. The Kier molecular flexibility index (Phi) is 14.1. The third-order valence-electron chi connectivity index (χ3n) is 4.85. The largest absolute Gasteiger partial charge is 0.481 e. The Bertz CT molecular complexity index is 506. The van der Waals surface area contributed by atoms with Gasteiger partial charge in [0.05, 0.1) is 12.1 Å². The summed E-state index contributed by atoms with van der Waals surface area (Å²) in [5.41, 5.74) is 0.766. The van der Waals surface area contributed by atoms with Gasteiger partial charge in [-0.3, -0.25) is 9.59 Å². The van der Waals surface area contributed by atoms with Crippen molar-refractivity contribution in [3.05, 3.63) is 24.0 Å². The molecule has 0 aromatic carbocycles. The number of Topliss-reactive ketones (excluding diaryl/α,β-unsaturated/α-hetero) is 1. The van der Waals surface area contributed by atoms with E-state index >= 15 is 0 Å². The van der Waals surface area contributed by atoms with Crippen molar-refractivity contribution in [3.63, 3.8) is 0 Å². The lowest BCUT2D eigenvalue weighted by Gasteiger charge is -2.03. The number of hydrogen-bond acceptors (Lipinski definition) is 4. The Morgan fingerprint density at radius 1 is 0.741 bits per heavy atom. The summed E-state index contributed by atoms with van der Waals surface area (Å²) in [7, 11) is 0. The van der Waals surface area contributed by atoms with Crippen molar-refractivity contribution in [2.75, 3.05) is 0 Å². The van der Waals surface area contributed by atoms with Gasteiger partial charge in [-0.25, -0.2) is 0 Å². The molecule has 5 nitrogen and oxygen atoms in total. The minimum atomic E-state index is -0.677. The molecule has 0 radical (unpaired) electrons. The number of hydrogen-bond donors (Lipinski definition) is 1. The molecule has 1 aromatic heterocycles. The van der Waals surface area contributed by atoms with E-state index in [0.29, 0.717) is 19.3 Å². The Labute approximate surface area is 164 Å². The van der Waals surface area contributed by atoms with Crippen LogP contribution in [0.25, 0.3) is 0 Å². The summed E-state index contributed by atoms with van der Waals surface area (Å²) < 4.78 is 0. The van der Waals surface area contributed by atoms with Gasteiger partial charge in [-0.1, -0.05) is 70.6 Å². The SMILES string of the molecule is O=C(O)CCCCCCCCCCCCCCCC(=O)Cc1cccnn1. The van der Waals surface area contributed by atoms with Gasteiger partial charge in [-0.15, -0.1) is 0 Å². The van der Waals surface area contributed by atoms with Crippen molar-refractivity contribution in [2.24, 2.45) is 0 Å². The second kappa shape index (κ2) is 16.4. The number of carboxylic acid groups (broad SMARTS) is 1. The van der Waals surface area contributed by atoms with Gasteiger partial charge in [0.1, 0.15) is 5.78 Å². The molecule has 0 aliphatic rings. The molecule has 0 bridgehead atoms. The Balaban J connectivity index is 1.78. The second-order valence-corrected chi connectivity index (χ2v) is 7.42. The van der Waals surface area contributed by atoms with Gasteiger partial charge in [0, 0.05) is 19.0 Å². The van der Waals surface area contributed by atoms with Crippen LogP contribution in [0.1, 0.15) is 102 Å². The van der Waals surface area contributed by atoms with E-state index in [4.69, 9.17) is 5.11 Å². The van der Waals surface area contributed by atoms with Gasteiger partial charge in [-0.05, 0) is 25.0 Å². The monoisotopic (exact) mass is 376 g/mol. The highest BCUT2D eigenvalue weighted by Crippen LogP contribution is 2.13. The van der Waals surface area contributed by atoms with Crippen LogP contribution in [0.4, 0.5) is 0 Å². The number of unbranched alkanes of at least 4 members (excludes halogenated alkanes) is 12.